The van der Waals surface area contributed by atoms with Crippen molar-refractivity contribution < 1.29 is 23.8 Å². The zero-order valence-corrected chi connectivity index (χ0v) is 16.1. The molecule has 1 aromatic rings. The van der Waals surface area contributed by atoms with Gasteiger partial charge in [0.05, 0.1) is 20.3 Å². The Labute approximate surface area is 158 Å². The Kier molecular flexibility index (Phi) is 6.57. The summed E-state index contributed by atoms with van der Waals surface area (Å²) in [4.78, 5) is 26.9. The molecule has 8 heteroatoms. The van der Waals surface area contributed by atoms with Gasteiger partial charge in [-0.1, -0.05) is 6.07 Å². The number of ether oxygens (including phenoxy) is 3. The lowest BCUT2D eigenvalue weighted by atomic mass is 10.1. The lowest BCUT2D eigenvalue weighted by Crippen LogP contribution is -2.36. The third-order valence-corrected chi connectivity index (χ3v) is 4.22. The lowest BCUT2D eigenvalue weighted by molar-refractivity contribution is -0.143. The van der Waals surface area contributed by atoms with Crippen LogP contribution in [0.15, 0.2) is 23.9 Å². The summed E-state index contributed by atoms with van der Waals surface area (Å²) in [6, 6.07) is 5.42. The molecule has 0 N–H and O–H groups in total. The second-order valence-electron chi connectivity index (χ2n) is 5.41. The van der Waals surface area contributed by atoms with Crippen LogP contribution in [0.5, 0.6) is 11.5 Å². The van der Waals surface area contributed by atoms with Gasteiger partial charge in [0.1, 0.15) is 12.2 Å². The van der Waals surface area contributed by atoms with Crippen molar-refractivity contribution in [3.63, 3.8) is 0 Å². The Bertz CT molecular complexity index is 747. The van der Waals surface area contributed by atoms with E-state index in [1.807, 2.05) is 19.9 Å². The highest BCUT2D eigenvalue weighted by Crippen LogP contribution is 2.30. The molecule has 0 saturated carbocycles. The second-order valence-corrected chi connectivity index (χ2v) is 5.78. The molecule has 0 aromatic heterocycles. The molecular formula is C18H22N2O5S. The molecule has 1 saturated heterocycles. The van der Waals surface area contributed by atoms with Gasteiger partial charge in [-0.05, 0) is 49.8 Å². The van der Waals surface area contributed by atoms with E-state index in [1.54, 1.807) is 30.2 Å². The van der Waals surface area contributed by atoms with E-state index in [9.17, 15) is 9.59 Å². The molecule has 26 heavy (non-hydrogen) atoms. The summed E-state index contributed by atoms with van der Waals surface area (Å²) in [7, 11) is 2.95. The summed E-state index contributed by atoms with van der Waals surface area (Å²) in [5.41, 5.74) is 1.13. The highest BCUT2D eigenvalue weighted by atomic mass is 32.1. The van der Waals surface area contributed by atoms with Crippen molar-refractivity contribution in [2.75, 3.05) is 33.9 Å². The number of benzene rings is 1. The van der Waals surface area contributed by atoms with Crippen LogP contribution < -0.4 is 9.47 Å². The fraction of sp³-hybridized carbons (Fsp3) is 0.389. The van der Waals surface area contributed by atoms with E-state index in [0.29, 0.717) is 30.4 Å². The maximum Gasteiger partial charge on any atom is 0.325 e. The van der Waals surface area contributed by atoms with Gasteiger partial charge in [0, 0.05) is 7.05 Å². The number of methoxy groups -OCH3 is 1. The fourth-order valence-electron chi connectivity index (χ4n) is 2.46. The zero-order chi connectivity index (χ0) is 19.3. The molecule has 7 nitrogen and oxygen atoms in total. The monoisotopic (exact) mass is 378 g/mol. The third kappa shape index (κ3) is 4.13. The van der Waals surface area contributed by atoms with Crippen LogP contribution in [0.25, 0.3) is 6.08 Å². The van der Waals surface area contributed by atoms with Crippen molar-refractivity contribution in [1.29, 1.82) is 0 Å². The molecule has 0 bridgehead atoms. The molecule has 0 radical (unpaired) electrons. The van der Waals surface area contributed by atoms with Crippen LogP contribution in [-0.2, 0) is 14.3 Å². The first-order valence-corrected chi connectivity index (χ1v) is 8.61. The molecule has 2 rings (SSSR count). The first kappa shape index (κ1) is 19.7. The fourth-order valence-corrected chi connectivity index (χ4v) is 2.71. The minimum Gasteiger partial charge on any atom is -0.490 e. The molecule has 0 spiro atoms. The van der Waals surface area contributed by atoms with E-state index < -0.39 is 5.97 Å². The van der Waals surface area contributed by atoms with E-state index in [2.05, 4.69) is 4.74 Å². The summed E-state index contributed by atoms with van der Waals surface area (Å²) in [6.45, 7) is 4.59. The molecule has 140 valence electrons. The largest absolute Gasteiger partial charge is 0.490 e. The minimum atomic E-state index is -0.532. The second kappa shape index (κ2) is 8.66. The van der Waals surface area contributed by atoms with Crippen LogP contribution in [0.4, 0.5) is 0 Å². The number of amides is 1. The number of likely N-dealkylation sites (N-methyl/N-ethyl adjacent to an activating group) is 1. The Morgan fingerprint density at radius 2 is 1.85 bits per heavy atom. The van der Waals surface area contributed by atoms with Gasteiger partial charge in [-0.3, -0.25) is 14.5 Å². The molecule has 1 aliphatic heterocycles. The van der Waals surface area contributed by atoms with Crippen LogP contribution in [0, 0.1) is 0 Å². The van der Waals surface area contributed by atoms with E-state index in [-0.39, 0.29) is 17.6 Å². The van der Waals surface area contributed by atoms with Crippen LogP contribution in [0.1, 0.15) is 19.4 Å². The van der Waals surface area contributed by atoms with Gasteiger partial charge in [-0.25, -0.2) is 0 Å². The standard InChI is InChI=1S/C18H22N2O5S/c1-5-24-14-8-7-12(10-15(14)25-6-2)9-13-17(22)20(11-16(21)23-4)18(26)19(13)3/h7-10H,5-6,11H2,1-4H3/b13-9-. The number of rotatable bonds is 7. The van der Waals surface area contributed by atoms with E-state index >= 15 is 0 Å². The normalized spacial score (nSPS) is 15.6. The minimum absolute atomic E-state index is 0.219. The maximum atomic E-state index is 12.6. The van der Waals surface area contributed by atoms with Crippen molar-refractivity contribution in [1.82, 2.24) is 9.80 Å². The summed E-state index contributed by atoms with van der Waals surface area (Å²) in [5, 5.41) is 0.252. The average Bonchev–Trinajstić information content (AvgIpc) is 2.82. The molecule has 1 aromatic carbocycles. The number of carbonyl (C=O) groups excluding carboxylic acids is 2. The number of hydrogen-bond acceptors (Lipinski definition) is 6. The van der Waals surface area contributed by atoms with Gasteiger partial charge < -0.3 is 19.1 Å². The molecule has 1 aliphatic rings. The summed E-state index contributed by atoms with van der Waals surface area (Å²) in [6.07, 6.45) is 1.70. The van der Waals surface area contributed by atoms with E-state index in [4.69, 9.17) is 21.7 Å². The average molecular weight is 378 g/mol. The number of esters is 1. The number of nitrogens with zero attached hydrogens (tertiary/aromatic N) is 2. The highest BCUT2D eigenvalue weighted by molar-refractivity contribution is 7.80. The first-order chi connectivity index (χ1) is 12.4. The van der Waals surface area contributed by atoms with E-state index in [1.165, 1.54) is 12.0 Å². The molecule has 0 atom stereocenters. The van der Waals surface area contributed by atoms with Crippen molar-refractivity contribution in [3.05, 3.63) is 29.5 Å². The first-order valence-electron chi connectivity index (χ1n) is 8.20. The zero-order valence-electron chi connectivity index (χ0n) is 15.3. The van der Waals surface area contributed by atoms with Gasteiger partial charge >= 0.3 is 5.97 Å². The topological polar surface area (TPSA) is 68.3 Å². The third-order valence-electron chi connectivity index (χ3n) is 3.73. The Morgan fingerprint density at radius 3 is 2.46 bits per heavy atom. The van der Waals surface area contributed by atoms with Crippen molar-refractivity contribution in [3.8, 4) is 11.5 Å². The number of carbonyl (C=O) groups is 2. The van der Waals surface area contributed by atoms with Gasteiger partial charge in [0.2, 0.25) is 0 Å². The Hall–Kier alpha value is -2.61. The smallest absolute Gasteiger partial charge is 0.325 e. The van der Waals surface area contributed by atoms with Crippen molar-refractivity contribution in [2.45, 2.75) is 13.8 Å². The molecule has 1 heterocycles. The van der Waals surface area contributed by atoms with Gasteiger partial charge in [0.25, 0.3) is 5.91 Å². The summed E-state index contributed by atoms with van der Waals surface area (Å²) < 4.78 is 15.8. The SMILES string of the molecule is CCOc1ccc(/C=C2/C(=O)N(CC(=O)OC)C(=S)N2C)cc1OCC. The summed E-state index contributed by atoms with van der Waals surface area (Å²) in [5.74, 6) is 0.362. The predicted molar refractivity (Wildman–Crippen MR) is 101 cm³/mol. The molecule has 1 fully saturated rings. The van der Waals surface area contributed by atoms with Crippen LogP contribution in [-0.4, -0.2) is 60.7 Å². The van der Waals surface area contributed by atoms with E-state index in [0.717, 1.165) is 5.56 Å². The van der Waals surface area contributed by atoms with Gasteiger partial charge in [-0.15, -0.1) is 0 Å². The van der Waals surface area contributed by atoms with Gasteiger partial charge in [0.15, 0.2) is 16.6 Å². The molecule has 0 aliphatic carbocycles. The predicted octanol–water partition coefficient (Wildman–Crippen LogP) is 2.06. The van der Waals surface area contributed by atoms with Gasteiger partial charge in [-0.2, -0.15) is 0 Å². The van der Waals surface area contributed by atoms with Crippen LogP contribution >= 0.6 is 12.2 Å². The Balaban J connectivity index is 2.33. The number of thiocarbonyl (C=S) groups is 1. The van der Waals surface area contributed by atoms with Crippen molar-refractivity contribution >= 4 is 35.3 Å². The molecular weight excluding hydrogens is 356 g/mol. The molecule has 0 unspecified atom stereocenters. The van der Waals surface area contributed by atoms with Crippen LogP contribution in [0.3, 0.4) is 0 Å². The maximum absolute atomic E-state index is 12.6. The molecule has 1 amide bonds. The summed E-state index contributed by atoms with van der Waals surface area (Å²) >= 11 is 5.26. The number of hydrogen-bond donors (Lipinski definition) is 0. The Morgan fingerprint density at radius 1 is 1.19 bits per heavy atom. The lowest BCUT2D eigenvalue weighted by Gasteiger charge is -2.14. The quantitative estimate of drug-likeness (QED) is 0.409. The van der Waals surface area contributed by atoms with Crippen LogP contribution in [0.2, 0.25) is 0 Å². The highest BCUT2D eigenvalue weighted by Gasteiger charge is 2.37. The van der Waals surface area contributed by atoms with Crippen molar-refractivity contribution in [2.24, 2.45) is 0 Å².